The summed E-state index contributed by atoms with van der Waals surface area (Å²) in [6.45, 7) is 6.56. The molecule has 0 aliphatic rings. The number of hydrogen-bond acceptors (Lipinski definition) is 4. The van der Waals surface area contributed by atoms with Gasteiger partial charge in [0.2, 0.25) is 0 Å². The summed E-state index contributed by atoms with van der Waals surface area (Å²) in [7, 11) is 0. The fourth-order valence-corrected chi connectivity index (χ4v) is 1.22. The van der Waals surface area contributed by atoms with Gasteiger partial charge in [-0.25, -0.2) is 0 Å². The lowest BCUT2D eigenvalue weighted by Crippen LogP contribution is -2.32. The number of hydrogen-bond donors (Lipinski definition) is 3. The Hall–Kier alpha value is -0.160. The van der Waals surface area contributed by atoms with E-state index in [0.717, 1.165) is 13.0 Å². The van der Waals surface area contributed by atoms with Crippen LogP contribution in [0.5, 0.6) is 0 Å². The molecular formula is C11H25NO3. The van der Waals surface area contributed by atoms with Crippen molar-refractivity contribution in [3.8, 4) is 0 Å². The number of ether oxygens (including phenoxy) is 1. The van der Waals surface area contributed by atoms with Gasteiger partial charge >= 0.3 is 0 Å². The average Bonchev–Trinajstić information content (AvgIpc) is 2.17. The van der Waals surface area contributed by atoms with Gasteiger partial charge in [0.15, 0.2) is 0 Å². The fraction of sp³-hybridized carbons (Fsp3) is 1.00. The van der Waals surface area contributed by atoms with Crippen LogP contribution in [0.2, 0.25) is 0 Å². The molecule has 0 saturated heterocycles. The maximum Gasteiger partial charge on any atom is 0.0897 e. The first-order valence-electron chi connectivity index (χ1n) is 5.74. The number of aliphatic hydroxyl groups excluding tert-OH is 2. The largest absolute Gasteiger partial charge is 0.395 e. The van der Waals surface area contributed by atoms with Crippen LogP contribution in [-0.2, 0) is 4.74 Å². The summed E-state index contributed by atoms with van der Waals surface area (Å²) in [5, 5.41) is 20.8. The zero-order valence-electron chi connectivity index (χ0n) is 9.91. The minimum absolute atomic E-state index is 0.0992. The molecule has 0 aliphatic carbocycles. The van der Waals surface area contributed by atoms with Gasteiger partial charge in [0.05, 0.1) is 19.3 Å². The zero-order chi connectivity index (χ0) is 11.5. The van der Waals surface area contributed by atoms with Crippen molar-refractivity contribution >= 4 is 0 Å². The highest BCUT2D eigenvalue weighted by atomic mass is 16.5. The molecule has 0 aromatic heterocycles. The molecule has 4 nitrogen and oxygen atoms in total. The van der Waals surface area contributed by atoms with Crippen LogP contribution in [0.1, 0.15) is 26.7 Å². The van der Waals surface area contributed by atoms with Gasteiger partial charge in [0.25, 0.3) is 0 Å². The Balaban J connectivity index is 3.13. The summed E-state index contributed by atoms with van der Waals surface area (Å²) < 4.78 is 5.32. The third-order valence-corrected chi connectivity index (χ3v) is 2.05. The lowest BCUT2D eigenvalue weighted by molar-refractivity contribution is 0.0344. The maximum absolute atomic E-state index is 9.42. The summed E-state index contributed by atoms with van der Waals surface area (Å²) in [5.74, 6) is 0.713. The molecular weight excluding hydrogens is 194 g/mol. The Morgan fingerprint density at radius 1 is 1.33 bits per heavy atom. The smallest absolute Gasteiger partial charge is 0.0897 e. The lowest BCUT2D eigenvalue weighted by Gasteiger charge is -2.12. The summed E-state index contributed by atoms with van der Waals surface area (Å²) >= 11 is 0. The first-order chi connectivity index (χ1) is 7.16. The predicted octanol–water partition coefficient (Wildman–Crippen LogP) is 0.382. The van der Waals surface area contributed by atoms with Gasteiger partial charge in [-0.05, 0) is 18.8 Å². The van der Waals surface area contributed by atoms with Gasteiger partial charge in [0, 0.05) is 19.7 Å². The van der Waals surface area contributed by atoms with Crippen molar-refractivity contribution in [2.24, 2.45) is 5.92 Å². The number of rotatable bonds is 10. The fourth-order valence-electron chi connectivity index (χ4n) is 1.22. The molecule has 0 radical (unpaired) electrons. The van der Waals surface area contributed by atoms with E-state index in [1.807, 2.05) is 0 Å². The van der Waals surface area contributed by atoms with Crippen molar-refractivity contribution in [1.82, 2.24) is 5.32 Å². The van der Waals surface area contributed by atoms with E-state index in [2.05, 4.69) is 19.2 Å². The Bertz CT molecular complexity index is 131. The van der Waals surface area contributed by atoms with Crippen LogP contribution in [-0.4, -0.2) is 49.2 Å². The molecule has 4 heteroatoms. The Morgan fingerprint density at radius 2 is 2.07 bits per heavy atom. The van der Waals surface area contributed by atoms with E-state index in [1.54, 1.807) is 0 Å². The highest BCUT2D eigenvalue weighted by Crippen LogP contribution is 2.03. The Kier molecular flexibility index (Phi) is 10.3. The van der Waals surface area contributed by atoms with Crippen molar-refractivity contribution in [2.45, 2.75) is 32.8 Å². The van der Waals surface area contributed by atoms with Gasteiger partial charge in [0.1, 0.15) is 0 Å². The van der Waals surface area contributed by atoms with Crippen molar-refractivity contribution in [2.75, 3.05) is 32.9 Å². The third-order valence-electron chi connectivity index (χ3n) is 2.05. The van der Waals surface area contributed by atoms with Gasteiger partial charge in [-0.3, -0.25) is 0 Å². The second kappa shape index (κ2) is 10.4. The summed E-state index contributed by atoms with van der Waals surface area (Å²) in [4.78, 5) is 0. The van der Waals surface area contributed by atoms with Gasteiger partial charge in [-0.1, -0.05) is 13.8 Å². The van der Waals surface area contributed by atoms with E-state index < -0.39 is 6.10 Å². The molecule has 1 unspecified atom stereocenters. The van der Waals surface area contributed by atoms with E-state index in [0.29, 0.717) is 25.6 Å². The van der Waals surface area contributed by atoms with Crippen LogP contribution >= 0.6 is 0 Å². The molecule has 15 heavy (non-hydrogen) atoms. The predicted molar refractivity (Wildman–Crippen MR) is 60.9 cm³/mol. The van der Waals surface area contributed by atoms with Crippen LogP contribution in [0.4, 0.5) is 0 Å². The average molecular weight is 219 g/mol. The molecule has 0 saturated carbocycles. The minimum atomic E-state index is -0.476. The second-order valence-corrected chi connectivity index (χ2v) is 4.19. The molecule has 0 rings (SSSR count). The number of aliphatic hydroxyl groups is 2. The van der Waals surface area contributed by atoms with E-state index in [-0.39, 0.29) is 6.61 Å². The minimum Gasteiger partial charge on any atom is -0.395 e. The van der Waals surface area contributed by atoms with Gasteiger partial charge < -0.3 is 20.3 Å². The van der Waals surface area contributed by atoms with E-state index in [4.69, 9.17) is 9.84 Å². The lowest BCUT2D eigenvalue weighted by atomic mass is 10.1. The van der Waals surface area contributed by atoms with Crippen LogP contribution in [0.3, 0.4) is 0 Å². The first kappa shape index (κ1) is 14.8. The van der Waals surface area contributed by atoms with E-state index in [1.165, 1.54) is 6.42 Å². The third kappa shape index (κ3) is 11.8. The van der Waals surface area contributed by atoms with Crippen LogP contribution in [0.15, 0.2) is 0 Å². The molecule has 1 atom stereocenters. The molecule has 0 heterocycles. The van der Waals surface area contributed by atoms with Crippen molar-refractivity contribution < 1.29 is 14.9 Å². The van der Waals surface area contributed by atoms with Crippen molar-refractivity contribution in [3.05, 3.63) is 0 Å². The summed E-state index contributed by atoms with van der Waals surface area (Å²) in [5.41, 5.74) is 0. The monoisotopic (exact) mass is 219 g/mol. The zero-order valence-corrected chi connectivity index (χ0v) is 9.91. The SMILES string of the molecule is CC(C)CCCOCC(O)CNCCO. The molecule has 0 bridgehead atoms. The normalized spacial score (nSPS) is 13.4. The molecule has 0 fully saturated rings. The molecule has 0 aromatic rings. The quantitative estimate of drug-likeness (QED) is 0.465. The van der Waals surface area contributed by atoms with Crippen molar-refractivity contribution in [1.29, 1.82) is 0 Å². The van der Waals surface area contributed by atoms with Crippen LogP contribution in [0.25, 0.3) is 0 Å². The topological polar surface area (TPSA) is 61.7 Å². The maximum atomic E-state index is 9.42. The first-order valence-corrected chi connectivity index (χ1v) is 5.74. The molecule has 3 N–H and O–H groups in total. The Morgan fingerprint density at radius 3 is 2.67 bits per heavy atom. The number of nitrogens with one attached hydrogen (secondary N) is 1. The summed E-state index contributed by atoms with van der Waals surface area (Å²) in [6, 6.07) is 0. The molecule has 92 valence electrons. The van der Waals surface area contributed by atoms with Crippen molar-refractivity contribution in [3.63, 3.8) is 0 Å². The van der Waals surface area contributed by atoms with E-state index >= 15 is 0 Å². The van der Waals surface area contributed by atoms with Gasteiger partial charge in [-0.15, -0.1) is 0 Å². The van der Waals surface area contributed by atoms with E-state index in [9.17, 15) is 5.11 Å². The molecule has 0 spiro atoms. The standard InChI is InChI=1S/C11H25NO3/c1-10(2)4-3-7-15-9-11(14)8-12-5-6-13/h10-14H,3-9H2,1-2H3. The molecule has 0 amide bonds. The van der Waals surface area contributed by atoms with Crippen LogP contribution < -0.4 is 5.32 Å². The second-order valence-electron chi connectivity index (χ2n) is 4.19. The van der Waals surface area contributed by atoms with Gasteiger partial charge in [-0.2, -0.15) is 0 Å². The molecule has 0 aliphatic heterocycles. The Labute approximate surface area is 92.6 Å². The molecule has 0 aromatic carbocycles. The highest BCUT2D eigenvalue weighted by molar-refractivity contribution is 4.57. The highest BCUT2D eigenvalue weighted by Gasteiger charge is 2.03. The summed E-state index contributed by atoms with van der Waals surface area (Å²) in [6.07, 6.45) is 1.74. The van der Waals surface area contributed by atoms with Crippen LogP contribution in [0, 0.1) is 5.92 Å².